The highest BCUT2D eigenvalue weighted by Crippen LogP contribution is 2.39. The lowest BCUT2D eigenvalue weighted by atomic mass is 9.99. The molecule has 1 aliphatic heterocycles. The van der Waals surface area contributed by atoms with Crippen molar-refractivity contribution in [1.82, 2.24) is 0 Å². The Morgan fingerprint density at radius 2 is 2.10 bits per heavy atom. The smallest absolute Gasteiger partial charge is 0.230 e. The molecule has 1 fully saturated rings. The molecule has 3 heteroatoms. The van der Waals surface area contributed by atoms with Crippen molar-refractivity contribution < 1.29 is 4.79 Å². The average molecular weight is 350 g/mol. The van der Waals surface area contributed by atoms with Gasteiger partial charge in [-0.3, -0.25) is 4.79 Å². The number of benzene rings is 1. The highest BCUT2D eigenvalue weighted by Gasteiger charge is 2.39. The van der Waals surface area contributed by atoms with Crippen LogP contribution in [-0.2, 0) is 17.6 Å². The van der Waals surface area contributed by atoms with Crippen molar-refractivity contribution in [3.05, 3.63) is 29.3 Å². The van der Waals surface area contributed by atoms with Crippen LogP contribution < -0.4 is 4.90 Å². The number of anilines is 1. The normalized spacial score (nSPS) is 22.5. The van der Waals surface area contributed by atoms with Crippen molar-refractivity contribution in [2.75, 3.05) is 4.90 Å². The molecular formula is C18H24BrNO. The van der Waals surface area contributed by atoms with Crippen LogP contribution in [0.25, 0.3) is 0 Å². The fraction of sp³-hybridized carbons (Fsp3) is 0.611. The van der Waals surface area contributed by atoms with Crippen LogP contribution in [0, 0.1) is 11.8 Å². The standard InChI is InChI=1S/C18H24BrNO/c1-11(2)16(19)10-13-4-7-17-15(9-13)8-12(3)20(17)18(21)14-5-6-14/h4,7,9,11-12,14,16H,5-6,8,10H2,1-3H3. The highest BCUT2D eigenvalue weighted by atomic mass is 79.9. The number of rotatable bonds is 4. The number of alkyl halides is 1. The van der Waals surface area contributed by atoms with Crippen molar-refractivity contribution in [2.45, 2.75) is 57.3 Å². The monoisotopic (exact) mass is 349 g/mol. The molecule has 114 valence electrons. The molecule has 0 radical (unpaired) electrons. The zero-order valence-electron chi connectivity index (χ0n) is 13.1. The number of nitrogens with zero attached hydrogens (tertiary/aromatic N) is 1. The van der Waals surface area contributed by atoms with Gasteiger partial charge in [0.25, 0.3) is 0 Å². The fourth-order valence-corrected chi connectivity index (χ4v) is 3.51. The molecule has 0 bridgehead atoms. The first-order valence-electron chi connectivity index (χ1n) is 8.06. The Kier molecular flexibility index (Phi) is 4.13. The van der Waals surface area contributed by atoms with Crippen LogP contribution in [0.3, 0.4) is 0 Å². The maximum Gasteiger partial charge on any atom is 0.230 e. The van der Waals surface area contributed by atoms with Crippen LogP contribution in [0.5, 0.6) is 0 Å². The van der Waals surface area contributed by atoms with Crippen LogP contribution in [0.2, 0.25) is 0 Å². The second-order valence-corrected chi connectivity index (χ2v) is 8.14. The molecule has 0 saturated heterocycles. The van der Waals surface area contributed by atoms with E-state index in [2.05, 4.69) is 54.9 Å². The number of carbonyl (C=O) groups excluding carboxylic acids is 1. The minimum absolute atomic E-state index is 0.297. The van der Waals surface area contributed by atoms with Crippen molar-refractivity contribution in [2.24, 2.45) is 11.8 Å². The summed E-state index contributed by atoms with van der Waals surface area (Å²) in [6, 6.07) is 6.98. The van der Waals surface area contributed by atoms with Gasteiger partial charge in [-0.1, -0.05) is 41.9 Å². The number of fused-ring (bicyclic) bond motifs is 1. The second kappa shape index (κ2) is 5.75. The summed E-state index contributed by atoms with van der Waals surface area (Å²) in [5.41, 5.74) is 3.87. The molecule has 2 nitrogen and oxygen atoms in total. The number of carbonyl (C=O) groups is 1. The van der Waals surface area contributed by atoms with Gasteiger partial charge in [-0.2, -0.15) is 0 Å². The lowest BCUT2D eigenvalue weighted by Gasteiger charge is -2.23. The topological polar surface area (TPSA) is 20.3 Å². The molecule has 2 atom stereocenters. The summed E-state index contributed by atoms with van der Waals surface area (Å²) in [6.07, 6.45) is 4.20. The molecule has 1 amide bonds. The summed E-state index contributed by atoms with van der Waals surface area (Å²) >= 11 is 3.77. The van der Waals surface area contributed by atoms with Gasteiger partial charge in [0.1, 0.15) is 0 Å². The molecule has 21 heavy (non-hydrogen) atoms. The lowest BCUT2D eigenvalue weighted by molar-refractivity contribution is -0.120. The molecule has 0 spiro atoms. The van der Waals surface area contributed by atoms with Gasteiger partial charge in [0.05, 0.1) is 0 Å². The Morgan fingerprint density at radius 3 is 2.71 bits per heavy atom. The molecule has 1 aromatic carbocycles. The first-order valence-corrected chi connectivity index (χ1v) is 8.98. The van der Waals surface area contributed by atoms with E-state index in [-0.39, 0.29) is 0 Å². The highest BCUT2D eigenvalue weighted by molar-refractivity contribution is 9.09. The van der Waals surface area contributed by atoms with Gasteiger partial charge in [0, 0.05) is 22.5 Å². The zero-order chi connectivity index (χ0) is 15.1. The van der Waals surface area contributed by atoms with Crippen molar-refractivity contribution in [3.8, 4) is 0 Å². The third kappa shape index (κ3) is 3.03. The maximum atomic E-state index is 12.5. The van der Waals surface area contributed by atoms with Crippen LogP contribution in [0.1, 0.15) is 44.7 Å². The number of hydrogen-bond acceptors (Lipinski definition) is 1. The number of amides is 1. The van der Waals surface area contributed by atoms with E-state index in [9.17, 15) is 4.79 Å². The molecule has 1 heterocycles. The molecule has 1 aliphatic carbocycles. The first kappa shape index (κ1) is 15.1. The molecular weight excluding hydrogens is 326 g/mol. The summed E-state index contributed by atoms with van der Waals surface area (Å²) < 4.78 is 0. The summed E-state index contributed by atoms with van der Waals surface area (Å²) in [5.74, 6) is 1.27. The second-order valence-electron chi connectivity index (χ2n) is 6.96. The maximum absolute atomic E-state index is 12.5. The minimum Gasteiger partial charge on any atom is -0.309 e. The lowest BCUT2D eigenvalue weighted by Crippen LogP contribution is -2.36. The largest absolute Gasteiger partial charge is 0.309 e. The Morgan fingerprint density at radius 1 is 1.38 bits per heavy atom. The van der Waals surface area contributed by atoms with Gasteiger partial charge in [0.2, 0.25) is 5.91 Å². The average Bonchev–Trinajstić information content (AvgIpc) is 3.21. The molecule has 3 rings (SSSR count). The molecule has 2 aliphatic rings. The fourth-order valence-electron chi connectivity index (χ4n) is 3.14. The van der Waals surface area contributed by atoms with Gasteiger partial charge in [0.15, 0.2) is 0 Å². The summed E-state index contributed by atoms with van der Waals surface area (Å²) in [5, 5.41) is 0. The summed E-state index contributed by atoms with van der Waals surface area (Å²) in [6.45, 7) is 6.65. The summed E-state index contributed by atoms with van der Waals surface area (Å²) in [4.78, 5) is 15.0. The predicted octanol–water partition coefficient (Wildman–Crippen LogP) is 4.34. The van der Waals surface area contributed by atoms with E-state index in [0.29, 0.717) is 28.6 Å². The van der Waals surface area contributed by atoms with E-state index in [1.165, 1.54) is 11.1 Å². The Bertz CT molecular complexity index is 550. The molecule has 2 unspecified atom stereocenters. The van der Waals surface area contributed by atoms with Gasteiger partial charge < -0.3 is 4.90 Å². The SMILES string of the molecule is CC(C)C(Br)Cc1ccc2c(c1)CC(C)N2C(=O)C1CC1. The van der Waals surface area contributed by atoms with E-state index in [1.54, 1.807) is 0 Å². The van der Waals surface area contributed by atoms with Crippen LogP contribution >= 0.6 is 15.9 Å². The van der Waals surface area contributed by atoms with Crippen molar-refractivity contribution >= 4 is 27.5 Å². The minimum atomic E-state index is 0.297. The van der Waals surface area contributed by atoms with E-state index >= 15 is 0 Å². The third-order valence-electron chi connectivity index (χ3n) is 4.68. The van der Waals surface area contributed by atoms with Gasteiger partial charge >= 0.3 is 0 Å². The summed E-state index contributed by atoms with van der Waals surface area (Å²) in [7, 11) is 0. The first-order chi connectivity index (χ1) is 9.97. The molecule has 1 saturated carbocycles. The predicted molar refractivity (Wildman–Crippen MR) is 91.1 cm³/mol. The quantitative estimate of drug-likeness (QED) is 0.740. The van der Waals surface area contributed by atoms with E-state index in [1.807, 2.05) is 4.90 Å². The van der Waals surface area contributed by atoms with Gasteiger partial charge in [-0.05, 0) is 55.7 Å². The number of halogens is 1. The van der Waals surface area contributed by atoms with Gasteiger partial charge in [-0.15, -0.1) is 0 Å². The van der Waals surface area contributed by atoms with Crippen LogP contribution in [-0.4, -0.2) is 16.8 Å². The van der Waals surface area contributed by atoms with Crippen LogP contribution in [0.15, 0.2) is 18.2 Å². The number of hydrogen-bond donors (Lipinski definition) is 0. The van der Waals surface area contributed by atoms with E-state index < -0.39 is 0 Å². The Hall–Kier alpha value is -0.830. The van der Waals surface area contributed by atoms with E-state index in [0.717, 1.165) is 31.4 Å². The molecule has 0 aromatic heterocycles. The van der Waals surface area contributed by atoms with Crippen LogP contribution in [0.4, 0.5) is 5.69 Å². The Labute approximate surface area is 136 Å². The zero-order valence-corrected chi connectivity index (χ0v) is 14.7. The van der Waals surface area contributed by atoms with Crippen molar-refractivity contribution in [3.63, 3.8) is 0 Å². The van der Waals surface area contributed by atoms with Gasteiger partial charge in [-0.25, -0.2) is 0 Å². The Balaban J connectivity index is 1.81. The van der Waals surface area contributed by atoms with E-state index in [4.69, 9.17) is 0 Å². The third-order valence-corrected chi connectivity index (χ3v) is 6.06. The van der Waals surface area contributed by atoms with Crippen molar-refractivity contribution in [1.29, 1.82) is 0 Å². The molecule has 0 N–H and O–H groups in total. The molecule has 1 aromatic rings.